The van der Waals surface area contributed by atoms with E-state index in [2.05, 4.69) is 0 Å². The molecule has 1 heterocycles. The molecule has 17 heavy (non-hydrogen) atoms. The first kappa shape index (κ1) is 12.4. The molecule has 1 saturated heterocycles. The molecule has 0 amide bonds. The molecule has 5 heteroatoms. The number of morpholine rings is 1. The summed E-state index contributed by atoms with van der Waals surface area (Å²) in [6.07, 6.45) is 0. The second kappa shape index (κ2) is 6.02. The van der Waals surface area contributed by atoms with Crippen LogP contribution in [0.5, 0.6) is 0 Å². The van der Waals surface area contributed by atoms with Crippen LogP contribution >= 0.6 is 11.8 Å². The van der Waals surface area contributed by atoms with Crippen molar-refractivity contribution in [2.45, 2.75) is 4.90 Å². The normalized spacial score (nSPS) is 15.9. The number of ether oxygens (including phenoxy) is 1. The number of benzene rings is 1. The highest BCUT2D eigenvalue weighted by atomic mass is 32.2. The number of halogens is 1. The van der Waals surface area contributed by atoms with Crippen LogP contribution in [-0.2, 0) is 4.74 Å². The Morgan fingerprint density at radius 1 is 1.35 bits per heavy atom. The zero-order chi connectivity index (χ0) is 12.1. The zero-order valence-electron chi connectivity index (χ0n) is 9.49. The van der Waals surface area contributed by atoms with Gasteiger partial charge in [0.2, 0.25) is 0 Å². The first-order valence-electron chi connectivity index (χ1n) is 5.55. The summed E-state index contributed by atoms with van der Waals surface area (Å²) in [5.41, 5.74) is 0. The molecule has 1 fully saturated rings. The number of rotatable bonds is 3. The molecule has 0 radical (unpaired) electrons. The van der Waals surface area contributed by atoms with E-state index in [0.717, 1.165) is 13.1 Å². The molecule has 1 aromatic carbocycles. The number of hydrogen-bond acceptors (Lipinski definition) is 3. The van der Waals surface area contributed by atoms with E-state index in [0.29, 0.717) is 29.7 Å². The molecule has 3 nitrogen and oxygen atoms in total. The van der Waals surface area contributed by atoms with E-state index >= 15 is 0 Å². The molecule has 0 unspecified atom stereocenters. The second-order valence-corrected chi connectivity index (χ2v) is 4.78. The fraction of sp³-hybridized carbons (Fsp3) is 0.417. The molecule has 2 rings (SSSR count). The molecule has 1 aliphatic heterocycles. The average molecular weight is 254 g/mol. The fourth-order valence-corrected chi connectivity index (χ4v) is 2.49. The summed E-state index contributed by atoms with van der Waals surface area (Å²) in [4.78, 5) is 2.59. The minimum Gasteiger partial charge on any atom is -0.378 e. The summed E-state index contributed by atoms with van der Waals surface area (Å²) < 4.78 is 18.6. The summed E-state index contributed by atoms with van der Waals surface area (Å²) in [5, 5.41) is 7.93. The molecular weight excluding hydrogens is 239 g/mol. The predicted molar refractivity (Wildman–Crippen MR) is 67.2 cm³/mol. The molecule has 0 spiro atoms. The van der Waals surface area contributed by atoms with E-state index < -0.39 is 0 Å². The van der Waals surface area contributed by atoms with Crippen molar-refractivity contribution < 1.29 is 9.13 Å². The lowest BCUT2D eigenvalue weighted by molar-refractivity contribution is 0.0676. The maximum absolute atomic E-state index is 13.4. The first-order chi connectivity index (χ1) is 8.27. The van der Waals surface area contributed by atoms with Crippen molar-refractivity contribution in [1.29, 1.82) is 5.41 Å². The van der Waals surface area contributed by atoms with Crippen molar-refractivity contribution in [3.63, 3.8) is 0 Å². The van der Waals surface area contributed by atoms with Gasteiger partial charge in [-0.25, -0.2) is 4.39 Å². The monoisotopic (exact) mass is 254 g/mol. The van der Waals surface area contributed by atoms with Crippen LogP contribution in [0, 0.1) is 11.2 Å². The van der Waals surface area contributed by atoms with Gasteiger partial charge in [-0.3, -0.25) is 5.41 Å². The molecule has 0 saturated carbocycles. The molecule has 0 aromatic heterocycles. The van der Waals surface area contributed by atoms with Crippen molar-refractivity contribution in [3.05, 3.63) is 30.1 Å². The van der Waals surface area contributed by atoms with Gasteiger partial charge in [-0.05, 0) is 12.1 Å². The van der Waals surface area contributed by atoms with Gasteiger partial charge in [-0.1, -0.05) is 12.1 Å². The number of hydrogen-bond donors (Lipinski definition) is 1. The molecule has 1 aliphatic rings. The van der Waals surface area contributed by atoms with Crippen LogP contribution in [0.15, 0.2) is 29.2 Å². The first-order valence-corrected chi connectivity index (χ1v) is 6.53. The Bertz CT molecular complexity index is 394. The van der Waals surface area contributed by atoms with E-state index in [4.69, 9.17) is 10.1 Å². The SMILES string of the molecule is N=C(CSc1ccccc1F)N1CCOCC1. The van der Waals surface area contributed by atoms with Gasteiger partial charge in [0.15, 0.2) is 0 Å². The van der Waals surface area contributed by atoms with Gasteiger partial charge in [0.05, 0.1) is 19.0 Å². The van der Waals surface area contributed by atoms with Crippen molar-refractivity contribution in [3.8, 4) is 0 Å². The molecule has 92 valence electrons. The van der Waals surface area contributed by atoms with Crippen LogP contribution in [0.4, 0.5) is 4.39 Å². The molecule has 1 N–H and O–H groups in total. The van der Waals surface area contributed by atoms with Crippen molar-refractivity contribution >= 4 is 17.6 Å². The Kier molecular flexibility index (Phi) is 4.39. The predicted octanol–water partition coefficient (Wildman–Crippen LogP) is 2.23. The number of thioether (sulfide) groups is 1. The van der Waals surface area contributed by atoms with E-state index in [1.54, 1.807) is 12.1 Å². The average Bonchev–Trinajstić information content (AvgIpc) is 2.38. The summed E-state index contributed by atoms with van der Waals surface area (Å²) in [6.45, 7) is 2.87. The van der Waals surface area contributed by atoms with Crippen molar-refractivity contribution in [1.82, 2.24) is 4.90 Å². The van der Waals surface area contributed by atoms with E-state index in [9.17, 15) is 4.39 Å². The Hall–Kier alpha value is -1.07. The van der Waals surface area contributed by atoms with Crippen molar-refractivity contribution in [2.24, 2.45) is 0 Å². The standard InChI is InChI=1S/C12H15FN2OS/c13-10-3-1-2-4-11(10)17-9-12(14)15-5-7-16-8-6-15/h1-4,14H,5-9H2. The van der Waals surface area contributed by atoms with Gasteiger partial charge in [0, 0.05) is 18.0 Å². The van der Waals surface area contributed by atoms with Crippen LogP contribution in [0.2, 0.25) is 0 Å². The molecular formula is C12H15FN2OS. The highest BCUT2D eigenvalue weighted by molar-refractivity contribution is 8.00. The minimum absolute atomic E-state index is 0.215. The summed E-state index contributed by atoms with van der Waals surface area (Å²) in [6, 6.07) is 6.67. The number of nitrogens with one attached hydrogen (secondary N) is 1. The van der Waals surface area contributed by atoms with Gasteiger partial charge >= 0.3 is 0 Å². The Balaban J connectivity index is 1.85. The third-order valence-electron chi connectivity index (χ3n) is 2.59. The van der Waals surface area contributed by atoms with Gasteiger partial charge < -0.3 is 9.64 Å². The van der Waals surface area contributed by atoms with Gasteiger partial charge in [0.1, 0.15) is 11.7 Å². The number of amidine groups is 1. The summed E-state index contributed by atoms with van der Waals surface area (Å²) >= 11 is 1.37. The lowest BCUT2D eigenvalue weighted by atomic mass is 10.3. The Morgan fingerprint density at radius 2 is 2.06 bits per heavy atom. The maximum Gasteiger partial charge on any atom is 0.136 e. The van der Waals surface area contributed by atoms with Crippen LogP contribution in [0.1, 0.15) is 0 Å². The smallest absolute Gasteiger partial charge is 0.136 e. The van der Waals surface area contributed by atoms with Gasteiger partial charge in [-0.2, -0.15) is 0 Å². The van der Waals surface area contributed by atoms with Gasteiger partial charge in [-0.15, -0.1) is 11.8 Å². The third-order valence-corrected chi connectivity index (χ3v) is 3.65. The van der Waals surface area contributed by atoms with Crippen LogP contribution in [0.25, 0.3) is 0 Å². The maximum atomic E-state index is 13.4. The van der Waals surface area contributed by atoms with Crippen molar-refractivity contribution in [2.75, 3.05) is 32.1 Å². The minimum atomic E-state index is -0.215. The lowest BCUT2D eigenvalue weighted by Crippen LogP contribution is -2.41. The second-order valence-electron chi connectivity index (χ2n) is 3.77. The number of nitrogens with zero attached hydrogens (tertiary/aromatic N) is 1. The van der Waals surface area contributed by atoms with Gasteiger partial charge in [0.25, 0.3) is 0 Å². The third kappa shape index (κ3) is 3.44. The Labute approximate surface area is 104 Å². The molecule has 0 atom stereocenters. The van der Waals surface area contributed by atoms with E-state index in [-0.39, 0.29) is 5.82 Å². The van der Waals surface area contributed by atoms with E-state index in [1.807, 2.05) is 11.0 Å². The molecule has 0 bridgehead atoms. The fourth-order valence-electron chi connectivity index (χ4n) is 1.63. The zero-order valence-corrected chi connectivity index (χ0v) is 10.3. The van der Waals surface area contributed by atoms with Crippen LogP contribution in [-0.4, -0.2) is 42.8 Å². The highest BCUT2D eigenvalue weighted by Gasteiger charge is 2.14. The largest absolute Gasteiger partial charge is 0.378 e. The van der Waals surface area contributed by atoms with Crippen LogP contribution in [0.3, 0.4) is 0 Å². The lowest BCUT2D eigenvalue weighted by Gasteiger charge is -2.28. The summed E-state index contributed by atoms with van der Waals surface area (Å²) in [7, 11) is 0. The Morgan fingerprint density at radius 3 is 2.76 bits per heavy atom. The van der Waals surface area contributed by atoms with Crippen LogP contribution < -0.4 is 0 Å². The molecule has 1 aromatic rings. The van der Waals surface area contributed by atoms with E-state index in [1.165, 1.54) is 17.8 Å². The highest BCUT2D eigenvalue weighted by Crippen LogP contribution is 2.21. The molecule has 0 aliphatic carbocycles. The topological polar surface area (TPSA) is 36.3 Å². The summed E-state index contributed by atoms with van der Waals surface area (Å²) in [5.74, 6) is 0.829. The quantitative estimate of drug-likeness (QED) is 0.510.